The molecule has 1 aliphatic rings. The molecule has 0 radical (unpaired) electrons. The number of nitrogens with one attached hydrogen (secondary N) is 1. The van der Waals surface area contributed by atoms with Gasteiger partial charge in [-0.1, -0.05) is 36.0 Å². The minimum absolute atomic E-state index is 0.0539. The average Bonchev–Trinajstić information content (AvgIpc) is 2.64. The van der Waals surface area contributed by atoms with Crippen molar-refractivity contribution in [2.45, 2.75) is 12.2 Å². The molecular formula is C16H9ClF4N2S. The Labute approximate surface area is 145 Å². The lowest BCUT2D eigenvalue weighted by molar-refractivity contribution is -0.131. The molecular weight excluding hydrogens is 364 g/mol. The van der Waals surface area contributed by atoms with E-state index in [-0.39, 0.29) is 27.5 Å². The van der Waals surface area contributed by atoms with E-state index in [0.29, 0.717) is 0 Å². The first-order valence-corrected chi connectivity index (χ1v) is 7.56. The van der Waals surface area contributed by atoms with Crippen LogP contribution in [0, 0.1) is 5.82 Å². The summed E-state index contributed by atoms with van der Waals surface area (Å²) in [6.07, 6.45) is -4.70. The number of benzodiazepines with no additional fused rings is 1. The van der Waals surface area contributed by atoms with E-state index >= 15 is 0 Å². The molecule has 8 heteroatoms. The monoisotopic (exact) mass is 372 g/mol. The summed E-state index contributed by atoms with van der Waals surface area (Å²) in [5, 5.41) is 2.83. The molecule has 0 aromatic heterocycles. The van der Waals surface area contributed by atoms with Gasteiger partial charge >= 0.3 is 6.18 Å². The predicted octanol–water partition coefficient (Wildman–Crippen LogP) is 5.00. The Morgan fingerprint density at radius 1 is 1.08 bits per heavy atom. The second kappa shape index (κ2) is 6.14. The first-order valence-electron chi connectivity index (χ1n) is 6.77. The molecule has 124 valence electrons. The Morgan fingerprint density at radius 3 is 2.46 bits per heavy atom. The lowest BCUT2D eigenvalue weighted by Crippen LogP contribution is -2.37. The molecule has 1 unspecified atom stereocenters. The van der Waals surface area contributed by atoms with E-state index in [9.17, 15) is 17.6 Å². The Hall–Kier alpha value is -1.99. The summed E-state index contributed by atoms with van der Waals surface area (Å²) in [6, 6.07) is 7.62. The van der Waals surface area contributed by atoms with E-state index in [4.69, 9.17) is 23.8 Å². The van der Waals surface area contributed by atoms with Crippen molar-refractivity contribution in [2.24, 2.45) is 4.99 Å². The van der Waals surface area contributed by atoms with Crippen LogP contribution in [0.3, 0.4) is 0 Å². The Balaban J connectivity index is 2.29. The summed E-state index contributed by atoms with van der Waals surface area (Å²) in [5.41, 5.74) is 0.335. The maximum absolute atomic E-state index is 14.2. The standard InChI is InChI=1S/C16H9ClF4N2S/c17-8-5-6-12-10(7-8)13(9-3-1-2-4-11(9)18)23-14(15(24)22-12)16(19,20)21/h1-7,14H,(H,22,24). The fraction of sp³-hybridized carbons (Fsp3) is 0.125. The van der Waals surface area contributed by atoms with Gasteiger partial charge < -0.3 is 5.32 Å². The van der Waals surface area contributed by atoms with Gasteiger partial charge in [0.15, 0.2) is 6.04 Å². The number of rotatable bonds is 1. The molecule has 0 bridgehead atoms. The quantitative estimate of drug-likeness (QED) is 0.562. The van der Waals surface area contributed by atoms with Crippen LogP contribution >= 0.6 is 23.8 Å². The van der Waals surface area contributed by atoms with E-state index in [1.807, 2.05) is 0 Å². The highest BCUT2D eigenvalue weighted by atomic mass is 35.5. The molecule has 0 saturated carbocycles. The smallest absolute Gasteiger partial charge is 0.347 e. The normalized spacial score (nSPS) is 17.6. The number of halogens is 5. The number of thiocarbonyl (C=S) groups is 1. The highest BCUT2D eigenvalue weighted by Crippen LogP contribution is 2.33. The second-order valence-corrected chi connectivity index (χ2v) is 5.96. The topological polar surface area (TPSA) is 24.4 Å². The number of aliphatic imine (C=N–C) groups is 1. The molecule has 0 amide bonds. The first kappa shape index (κ1) is 16.9. The van der Waals surface area contributed by atoms with E-state index in [0.717, 1.165) is 6.07 Å². The van der Waals surface area contributed by atoms with E-state index < -0.39 is 23.0 Å². The molecule has 0 fully saturated rings. The zero-order chi connectivity index (χ0) is 17.5. The molecule has 1 N–H and O–H groups in total. The van der Waals surface area contributed by atoms with Gasteiger partial charge in [-0.15, -0.1) is 0 Å². The molecule has 24 heavy (non-hydrogen) atoms. The summed E-state index contributed by atoms with van der Waals surface area (Å²) >= 11 is 10.8. The van der Waals surface area contributed by atoms with Crippen LogP contribution in [0.1, 0.15) is 11.1 Å². The molecule has 2 aromatic carbocycles. The minimum Gasteiger partial charge on any atom is -0.347 e. The molecule has 2 aromatic rings. The molecule has 1 atom stereocenters. The minimum atomic E-state index is -4.70. The maximum atomic E-state index is 14.2. The number of alkyl halides is 3. The van der Waals surface area contributed by atoms with E-state index in [2.05, 4.69) is 10.3 Å². The maximum Gasteiger partial charge on any atom is 0.417 e. The first-order chi connectivity index (χ1) is 11.3. The molecule has 3 rings (SSSR count). The lowest BCUT2D eigenvalue weighted by Gasteiger charge is -2.16. The third-order valence-corrected chi connectivity index (χ3v) is 4.00. The van der Waals surface area contributed by atoms with Crippen molar-refractivity contribution in [3.63, 3.8) is 0 Å². The highest BCUT2D eigenvalue weighted by Gasteiger charge is 2.44. The van der Waals surface area contributed by atoms with Crippen LogP contribution < -0.4 is 5.32 Å². The largest absolute Gasteiger partial charge is 0.417 e. The number of nitrogens with zero attached hydrogens (tertiary/aromatic N) is 1. The van der Waals surface area contributed by atoms with Crippen molar-refractivity contribution in [3.8, 4) is 0 Å². The van der Waals surface area contributed by atoms with Gasteiger partial charge in [0.2, 0.25) is 0 Å². The number of hydrogen-bond acceptors (Lipinski definition) is 2. The predicted molar refractivity (Wildman–Crippen MR) is 89.6 cm³/mol. The fourth-order valence-corrected chi connectivity index (χ4v) is 2.84. The van der Waals surface area contributed by atoms with Crippen molar-refractivity contribution in [1.82, 2.24) is 0 Å². The summed E-state index contributed by atoms with van der Waals surface area (Å²) in [6.45, 7) is 0. The van der Waals surface area contributed by atoms with Crippen LogP contribution in [0.2, 0.25) is 5.02 Å². The van der Waals surface area contributed by atoms with Gasteiger partial charge in [0.1, 0.15) is 10.8 Å². The summed E-state index contributed by atoms with van der Waals surface area (Å²) < 4.78 is 54.1. The van der Waals surface area contributed by atoms with Gasteiger partial charge in [0, 0.05) is 21.8 Å². The summed E-state index contributed by atoms with van der Waals surface area (Å²) in [4.78, 5) is 3.23. The van der Waals surface area contributed by atoms with Gasteiger partial charge in [-0.05, 0) is 30.3 Å². The molecule has 0 aliphatic carbocycles. The average molecular weight is 373 g/mol. The molecule has 1 aliphatic heterocycles. The molecule has 2 nitrogen and oxygen atoms in total. The lowest BCUT2D eigenvalue weighted by atomic mass is 10.00. The Morgan fingerprint density at radius 2 is 1.79 bits per heavy atom. The highest BCUT2D eigenvalue weighted by molar-refractivity contribution is 7.80. The third kappa shape index (κ3) is 3.14. The third-order valence-electron chi connectivity index (χ3n) is 3.44. The fourth-order valence-electron chi connectivity index (χ4n) is 2.37. The van der Waals surface area contributed by atoms with Crippen LogP contribution in [-0.4, -0.2) is 22.9 Å². The Kier molecular flexibility index (Phi) is 4.31. The van der Waals surface area contributed by atoms with E-state index in [1.54, 1.807) is 0 Å². The molecule has 1 heterocycles. The summed E-state index contributed by atoms with van der Waals surface area (Å²) in [5.74, 6) is -0.684. The molecule has 0 spiro atoms. The zero-order valence-corrected chi connectivity index (χ0v) is 13.4. The van der Waals surface area contributed by atoms with Crippen molar-refractivity contribution in [2.75, 3.05) is 5.32 Å². The number of benzene rings is 2. The van der Waals surface area contributed by atoms with Crippen LogP contribution in [0.25, 0.3) is 0 Å². The van der Waals surface area contributed by atoms with Crippen molar-refractivity contribution < 1.29 is 17.6 Å². The van der Waals surface area contributed by atoms with Crippen molar-refractivity contribution in [1.29, 1.82) is 0 Å². The van der Waals surface area contributed by atoms with Gasteiger partial charge in [0.25, 0.3) is 0 Å². The SMILES string of the molecule is Fc1ccccc1C1=NC(C(F)(F)F)C(=S)Nc2ccc(Cl)cc21. The van der Waals surface area contributed by atoms with Crippen LogP contribution in [-0.2, 0) is 0 Å². The van der Waals surface area contributed by atoms with Crippen molar-refractivity contribution in [3.05, 3.63) is 64.4 Å². The van der Waals surface area contributed by atoms with Gasteiger partial charge in [0.05, 0.1) is 5.71 Å². The van der Waals surface area contributed by atoms with Crippen LogP contribution in [0.5, 0.6) is 0 Å². The van der Waals surface area contributed by atoms with Crippen LogP contribution in [0.4, 0.5) is 23.2 Å². The van der Waals surface area contributed by atoms with Gasteiger partial charge in [-0.25, -0.2) is 4.39 Å². The Bertz CT molecular complexity index is 848. The van der Waals surface area contributed by atoms with E-state index in [1.165, 1.54) is 36.4 Å². The molecule has 0 saturated heterocycles. The number of anilines is 1. The summed E-state index contributed by atoms with van der Waals surface area (Å²) in [7, 11) is 0. The van der Waals surface area contributed by atoms with Gasteiger partial charge in [-0.2, -0.15) is 13.2 Å². The zero-order valence-electron chi connectivity index (χ0n) is 11.9. The number of fused-ring (bicyclic) bond motifs is 1. The van der Waals surface area contributed by atoms with Gasteiger partial charge in [-0.3, -0.25) is 4.99 Å². The van der Waals surface area contributed by atoms with Crippen molar-refractivity contribution >= 4 is 40.2 Å². The van der Waals surface area contributed by atoms with Crippen LogP contribution in [0.15, 0.2) is 47.5 Å². The second-order valence-electron chi connectivity index (χ2n) is 5.08. The number of hydrogen-bond donors (Lipinski definition) is 1.